The van der Waals surface area contributed by atoms with E-state index in [1.807, 2.05) is 12.2 Å². The van der Waals surface area contributed by atoms with Gasteiger partial charge in [0.05, 0.1) is 0 Å². The van der Waals surface area contributed by atoms with E-state index in [0.29, 0.717) is 12.0 Å². The quantitative estimate of drug-likeness (QED) is 0.0624. The molecule has 0 rings (SSSR count). The molecule has 0 aromatic carbocycles. The van der Waals surface area contributed by atoms with Gasteiger partial charge in [0, 0.05) is 5.57 Å². The molecule has 2 heteroatoms. The Balaban J connectivity index is 3.57. The molecule has 0 spiro atoms. The average Bonchev–Trinajstić information content (AvgIpc) is 2.87. The Labute approximate surface area is 226 Å². The molecule has 212 valence electrons. The monoisotopic (exact) mass is 504 g/mol. The molecule has 0 aliphatic carbocycles. The van der Waals surface area contributed by atoms with Crippen LogP contribution in [0.25, 0.3) is 0 Å². The Morgan fingerprint density at radius 3 is 1.19 bits per heavy atom. The lowest BCUT2D eigenvalue weighted by Crippen LogP contribution is -2.00. The third-order valence-corrected chi connectivity index (χ3v) is 7.48. The lowest BCUT2D eigenvalue weighted by Gasteiger charge is -2.04. The summed E-state index contributed by atoms with van der Waals surface area (Å²) in [7, 11) is 0. The molecule has 0 radical (unpaired) electrons. The zero-order valence-electron chi connectivity index (χ0n) is 24.7. The van der Waals surface area contributed by atoms with Crippen molar-refractivity contribution in [2.75, 3.05) is 0 Å². The highest BCUT2D eigenvalue weighted by atomic mass is 16.4. The number of unbranched alkanes of at least 4 members (excludes halogenated alkanes) is 24. The van der Waals surface area contributed by atoms with Crippen LogP contribution in [0.3, 0.4) is 0 Å². The molecule has 0 unspecified atom stereocenters. The Morgan fingerprint density at radius 2 is 0.833 bits per heavy atom. The topological polar surface area (TPSA) is 37.3 Å². The van der Waals surface area contributed by atoms with Crippen LogP contribution in [0.2, 0.25) is 0 Å². The highest BCUT2D eigenvalue weighted by Gasteiger charge is 2.05. The minimum atomic E-state index is -0.747. The van der Waals surface area contributed by atoms with Gasteiger partial charge in [0.2, 0.25) is 0 Å². The van der Waals surface area contributed by atoms with Crippen LogP contribution in [0.4, 0.5) is 0 Å². The van der Waals surface area contributed by atoms with Crippen molar-refractivity contribution >= 4 is 5.97 Å². The number of carboxylic acid groups (broad SMARTS) is 1. The van der Waals surface area contributed by atoms with Gasteiger partial charge in [0.25, 0.3) is 0 Å². The molecule has 0 fully saturated rings. The fraction of sp³-hybridized carbons (Fsp3) is 0.853. The van der Waals surface area contributed by atoms with Crippen LogP contribution in [0, 0.1) is 0 Å². The average molecular weight is 505 g/mol. The Bertz CT molecular complexity index is 505. The molecule has 2 nitrogen and oxygen atoms in total. The number of carboxylic acids is 1. The standard InChI is InChI=1S/C34H64O2/c1-3-5-7-9-11-13-15-17-18-19-20-22-24-26-28-30-32-33(34(35)36)31-29-27-25-23-21-16-14-12-10-8-6-4-2/h28,30,32H,3-27,29,31H2,1-2H3,(H,35,36). The van der Waals surface area contributed by atoms with Crippen molar-refractivity contribution < 1.29 is 9.90 Å². The first-order valence-corrected chi connectivity index (χ1v) is 16.3. The molecule has 0 aromatic rings. The second-order valence-corrected chi connectivity index (χ2v) is 11.1. The molecule has 0 saturated carbocycles. The van der Waals surface area contributed by atoms with Gasteiger partial charge in [0.15, 0.2) is 0 Å². The van der Waals surface area contributed by atoms with Gasteiger partial charge >= 0.3 is 5.97 Å². The van der Waals surface area contributed by atoms with Crippen LogP contribution in [0.15, 0.2) is 23.8 Å². The normalized spacial score (nSPS) is 12.1. The van der Waals surface area contributed by atoms with Crippen LogP contribution < -0.4 is 0 Å². The second-order valence-electron chi connectivity index (χ2n) is 11.1. The molecular formula is C34H64O2. The molecule has 0 amide bonds. The van der Waals surface area contributed by atoms with Gasteiger partial charge in [-0.15, -0.1) is 0 Å². The number of allylic oxidation sites excluding steroid dienone is 3. The molecule has 1 N–H and O–H groups in total. The summed E-state index contributed by atoms with van der Waals surface area (Å²) in [5, 5.41) is 9.47. The van der Waals surface area contributed by atoms with Crippen molar-refractivity contribution in [3.05, 3.63) is 23.8 Å². The highest BCUT2D eigenvalue weighted by Crippen LogP contribution is 2.16. The summed E-state index contributed by atoms with van der Waals surface area (Å²) in [5.74, 6) is -0.747. The van der Waals surface area contributed by atoms with Gasteiger partial charge in [-0.1, -0.05) is 180 Å². The zero-order chi connectivity index (χ0) is 26.4. The maximum atomic E-state index is 11.5. The van der Waals surface area contributed by atoms with Gasteiger partial charge in [-0.2, -0.15) is 0 Å². The van der Waals surface area contributed by atoms with E-state index in [9.17, 15) is 9.90 Å². The Morgan fingerprint density at radius 1 is 0.500 bits per heavy atom. The summed E-state index contributed by atoms with van der Waals surface area (Å²) in [4.78, 5) is 11.5. The van der Waals surface area contributed by atoms with E-state index < -0.39 is 5.97 Å². The fourth-order valence-corrected chi connectivity index (χ4v) is 4.98. The van der Waals surface area contributed by atoms with Crippen molar-refractivity contribution in [1.82, 2.24) is 0 Å². The van der Waals surface area contributed by atoms with Gasteiger partial charge in [0.1, 0.15) is 0 Å². The first-order chi connectivity index (χ1) is 17.7. The highest BCUT2D eigenvalue weighted by molar-refractivity contribution is 5.86. The second kappa shape index (κ2) is 30.2. The van der Waals surface area contributed by atoms with Crippen molar-refractivity contribution in [2.24, 2.45) is 0 Å². The van der Waals surface area contributed by atoms with Crippen LogP contribution >= 0.6 is 0 Å². The summed E-state index contributed by atoms with van der Waals surface area (Å²) >= 11 is 0. The predicted molar refractivity (Wildman–Crippen MR) is 161 cm³/mol. The SMILES string of the molecule is CCCCCCCCCCCCCCCC=CC=C(CCCCCCCCCCCCCC)C(=O)O. The van der Waals surface area contributed by atoms with E-state index in [1.54, 1.807) is 0 Å². The Hall–Kier alpha value is -1.05. The lowest BCUT2D eigenvalue weighted by atomic mass is 10.0. The molecule has 36 heavy (non-hydrogen) atoms. The largest absolute Gasteiger partial charge is 0.478 e. The number of carbonyl (C=O) groups is 1. The molecule has 0 atom stereocenters. The molecule has 0 heterocycles. The van der Waals surface area contributed by atoms with Crippen molar-refractivity contribution in [3.63, 3.8) is 0 Å². The van der Waals surface area contributed by atoms with E-state index in [-0.39, 0.29) is 0 Å². The maximum Gasteiger partial charge on any atom is 0.331 e. The van der Waals surface area contributed by atoms with E-state index in [4.69, 9.17) is 0 Å². The summed E-state index contributed by atoms with van der Waals surface area (Å²) in [6.07, 6.45) is 41.5. The number of aliphatic carboxylic acids is 1. The van der Waals surface area contributed by atoms with E-state index in [0.717, 1.165) is 19.3 Å². The van der Waals surface area contributed by atoms with Gasteiger partial charge in [-0.25, -0.2) is 4.79 Å². The Kier molecular flexibility index (Phi) is 29.3. The summed E-state index contributed by atoms with van der Waals surface area (Å²) in [5.41, 5.74) is 0.573. The minimum absolute atomic E-state index is 0.573. The summed E-state index contributed by atoms with van der Waals surface area (Å²) in [6, 6.07) is 0. The molecule has 0 aromatic heterocycles. The fourth-order valence-electron chi connectivity index (χ4n) is 4.98. The first kappa shape index (κ1) is 35.0. The van der Waals surface area contributed by atoms with Crippen molar-refractivity contribution in [2.45, 2.75) is 187 Å². The van der Waals surface area contributed by atoms with Gasteiger partial charge in [-0.3, -0.25) is 0 Å². The number of rotatable bonds is 29. The van der Waals surface area contributed by atoms with Crippen LogP contribution in [-0.2, 0) is 4.79 Å². The van der Waals surface area contributed by atoms with Gasteiger partial charge < -0.3 is 5.11 Å². The van der Waals surface area contributed by atoms with Crippen LogP contribution in [0.1, 0.15) is 187 Å². The van der Waals surface area contributed by atoms with E-state index in [2.05, 4.69) is 19.9 Å². The molecule has 0 saturated heterocycles. The lowest BCUT2D eigenvalue weighted by molar-refractivity contribution is -0.132. The van der Waals surface area contributed by atoms with E-state index >= 15 is 0 Å². The maximum absolute atomic E-state index is 11.5. The third-order valence-electron chi connectivity index (χ3n) is 7.48. The van der Waals surface area contributed by atoms with Crippen molar-refractivity contribution in [3.8, 4) is 0 Å². The van der Waals surface area contributed by atoms with Crippen LogP contribution in [0.5, 0.6) is 0 Å². The summed E-state index contributed by atoms with van der Waals surface area (Å²) in [6.45, 7) is 4.55. The molecular weight excluding hydrogens is 440 g/mol. The smallest absolute Gasteiger partial charge is 0.331 e. The molecule has 0 bridgehead atoms. The first-order valence-electron chi connectivity index (χ1n) is 16.3. The predicted octanol–water partition coefficient (Wildman–Crippen LogP) is 12.1. The molecule has 0 aliphatic rings. The summed E-state index contributed by atoms with van der Waals surface area (Å²) < 4.78 is 0. The van der Waals surface area contributed by atoms with Crippen molar-refractivity contribution in [1.29, 1.82) is 0 Å². The third kappa shape index (κ3) is 27.5. The minimum Gasteiger partial charge on any atom is -0.478 e. The van der Waals surface area contributed by atoms with Crippen LogP contribution in [-0.4, -0.2) is 11.1 Å². The van der Waals surface area contributed by atoms with Gasteiger partial charge in [-0.05, 0) is 25.7 Å². The number of hydrogen-bond acceptors (Lipinski definition) is 1. The zero-order valence-corrected chi connectivity index (χ0v) is 24.7. The van der Waals surface area contributed by atoms with E-state index in [1.165, 1.54) is 148 Å². The molecule has 0 aliphatic heterocycles. The number of hydrogen-bond donors (Lipinski definition) is 1.